The van der Waals surface area contributed by atoms with Crippen molar-refractivity contribution in [1.29, 1.82) is 0 Å². The van der Waals surface area contributed by atoms with Gasteiger partial charge in [0.1, 0.15) is 17.1 Å². The number of nitrogens with zero attached hydrogens (tertiary/aromatic N) is 4. The first-order valence-corrected chi connectivity index (χ1v) is 8.50. The summed E-state index contributed by atoms with van der Waals surface area (Å²) in [7, 11) is 0. The third-order valence-electron chi connectivity index (χ3n) is 4.15. The molecule has 0 saturated carbocycles. The van der Waals surface area contributed by atoms with Gasteiger partial charge in [-0.3, -0.25) is 10.1 Å². The third kappa shape index (κ3) is 3.15. The highest BCUT2D eigenvalue weighted by molar-refractivity contribution is 5.96. The van der Waals surface area contributed by atoms with Gasteiger partial charge in [0.2, 0.25) is 0 Å². The molecule has 1 fully saturated rings. The van der Waals surface area contributed by atoms with Gasteiger partial charge >= 0.3 is 0 Å². The molecule has 0 amide bonds. The van der Waals surface area contributed by atoms with Gasteiger partial charge in [0.15, 0.2) is 0 Å². The number of pyridine rings is 2. The van der Waals surface area contributed by atoms with Crippen LogP contribution in [0.25, 0.3) is 22.2 Å². The molecule has 1 aliphatic heterocycles. The number of hydrogen-bond donors (Lipinski definition) is 1. The van der Waals surface area contributed by atoms with Gasteiger partial charge in [0.05, 0.1) is 31.2 Å². The van der Waals surface area contributed by atoms with Crippen LogP contribution in [0.3, 0.4) is 0 Å². The number of anilines is 1. The molecule has 7 heteroatoms. The average Bonchev–Trinajstić information content (AvgIpc) is 3.16. The lowest BCUT2D eigenvalue weighted by molar-refractivity contribution is 0.122. The Labute approximate surface area is 146 Å². The lowest BCUT2D eigenvalue weighted by Crippen LogP contribution is -2.36. The quantitative estimate of drug-likeness (QED) is 0.787. The van der Waals surface area contributed by atoms with Crippen LogP contribution in [0.2, 0.25) is 0 Å². The van der Waals surface area contributed by atoms with Gasteiger partial charge in [0, 0.05) is 42.5 Å². The molecule has 0 aliphatic carbocycles. The number of hydrogen-bond acceptors (Lipinski definition) is 6. The van der Waals surface area contributed by atoms with Crippen molar-refractivity contribution in [2.75, 3.05) is 31.2 Å². The van der Waals surface area contributed by atoms with E-state index in [1.807, 2.05) is 32.2 Å². The van der Waals surface area contributed by atoms with E-state index in [0.29, 0.717) is 13.2 Å². The Morgan fingerprint density at radius 1 is 1.28 bits per heavy atom. The molecular formula is C18H21N5O2. The van der Waals surface area contributed by atoms with Gasteiger partial charge in [-0.2, -0.15) is 5.10 Å². The molecule has 0 radical (unpaired) electrons. The van der Waals surface area contributed by atoms with E-state index in [2.05, 4.69) is 20.1 Å². The predicted octanol–water partition coefficient (Wildman–Crippen LogP) is 2.64. The van der Waals surface area contributed by atoms with Gasteiger partial charge in [0.25, 0.3) is 0 Å². The Morgan fingerprint density at radius 3 is 2.84 bits per heavy atom. The summed E-state index contributed by atoms with van der Waals surface area (Å²) < 4.78 is 11.5. The van der Waals surface area contributed by atoms with Crippen LogP contribution in [-0.2, 0) is 4.74 Å². The van der Waals surface area contributed by atoms with Gasteiger partial charge in [-0.25, -0.2) is 4.98 Å². The Morgan fingerprint density at radius 2 is 2.12 bits per heavy atom. The number of ether oxygens (including phenoxy) is 2. The minimum atomic E-state index is 0.0775. The molecule has 4 rings (SSSR count). The molecule has 0 aromatic carbocycles. The standard InChI is InChI=1S/C18H21N5O2/c1-12(2)25-15-9-16(23-5-7-24-8-6-23)22-18-14(15)3-4-19-17(18)13-10-20-21-11-13/h3-4,9-12H,5-8H2,1-2H3,(H,20,21). The predicted molar refractivity (Wildman–Crippen MR) is 95.9 cm³/mol. The van der Waals surface area contributed by atoms with Crippen LogP contribution in [0.4, 0.5) is 5.82 Å². The molecule has 0 atom stereocenters. The molecule has 4 heterocycles. The van der Waals surface area contributed by atoms with Crippen LogP contribution in [0, 0.1) is 0 Å². The molecule has 0 spiro atoms. The van der Waals surface area contributed by atoms with Crippen LogP contribution in [0.1, 0.15) is 13.8 Å². The fraction of sp³-hybridized carbons (Fsp3) is 0.389. The molecule has 1 aliphatic rings. The molecular weight excluding hydrogens is 318 g/mol. The number of aromatic nitrogens is 4. The second-order valence-electron chi connectivity index (χ2n) is 6.29. The third-order valence-corrected chi connectivity index (χ3v) is 4.15. The van der Waals surface area contributed by atoms with Crippen LogP contribution < -0.4 is 9.64 Å². The largest absolute Gasteiger partial charge is 0.490 e. The minimum absolute atomic E-state index is 0.0775. The van der Waals surface area contributed by atoms with E-state index >= 15 is 0 Å². The van der Waals surface area contributed by atoms with Crippen molar-refractivity contribution < 1.29 is 9.47 Å². The van der Waals surface area contributed by atoms with Crippen molar-refractivity contribution in [2.45, 2.75) is 20.0 Å². The number of nitrogens with one attached hydrogen (secondary N) is 1. The van der Waals surface area contributed by atoms with Crippen LogP contribution in [0.5, 0.6) is 5.75 Å². The summed E-state index contributed by atoms with van der Waals surface area (Å²) in [4.78, 5) is 11.7. The van der Waals surface area contributed by atoms with E-state index in [9.17, 15) is 0 Å². The second-order valence-corrected chi connectivity index (χ2v) is 6.29. The Bertz CT molecular complexity index is 857. The van der Waals surface area contributed by atoms with E-state index < -0.39 is 0 Å². The normalized spacial score (nSPS) is 15.1. The first kappa shape index (κ1) is 15.8. The molecule has 25 heavy (non-hydrogen) atoms. The smallest absolute Gasteiger partial charge is 0.133 e. The van der Waals surface area contributed by atoms with Crippen LogP contribution in [-0.4, -0.2) is 52.6 Å². The maximum Gasteiger partial charge on any atom is 0.133 e. The second kappa shape index (κ2) is 6.68. The molecule has 3 aromatic heterocycles. The molecule has 1 N–H and O–H groups in total. The van der Waals surface area contributed by atoms with Gasteiger partial charge in [-0.05, 0) is 19.9 Å². The van der Waals surface area contributed by atoms with E-state index in [1.165, 1.54) is 0 Å². The fourth-order valence-corrected chi connectivity index (χ4v) is 3.01. The molecule has 0 unspecified atom stereocenters. The lowest BCUT2D eigenvalue weighted by atomic mass is 10.1. The molecule has 1 saturated heterocycles. The van der Waals surface area contributed by atoms with Gasteiger partial charge in [-0.1, -0.05) is 0 Å². The Kier molecular flexibility index (Phi) is 4.23. The minimum Gasteiger partial charge on any atom is -0.490 e. The highest BCUT2D eigenvalue weighted by Gasteiger charge is 2.19. The molecule has 7 nitrogen and oxygen atoms in total. The molecule has 0 bridgehead atoms. The van der Waals surface area contributed by atoms with Gasteiger partial charge < -0.3 is 14.4 Å². The zero-order valence-electron chi connectivity index (χ0n) is 14.4. The summed E-state index contributed by atoms with van der Waals surface area (Å²) in [6.07, 6.45) is 5.45. The van der Waals surface area contributed by atoms with E-state index in [-0.39, 0.29) is 6.10 Å². The van der Waals surface area contributed by atoms with Crippen molar-refractivity contribution in [1.82, 2.24) is 20.2 Å². The maximum atomic E-state index is 6.08. The van der Waals surface area contributed by atoms with Crippen molar-refractivity contribution in [3.63, 3.8) is 0 Å². The summed E-state index contributed by atoms with van der Waals surface area (Å²) in [5.41, 5.74) is 2.53. The Hall–Kier alpha value is -2.67. The van der Waals surface area contributed by atoms with Crippen molar-refractivity contribution in [3.8, 4) is 17.0 Å². The van der Waals surface area contributed by atoms with Crippen molar-refractivity contribution in [2.24, 2.45) is 0 Å². The first-order chi connectivity index (χ1) is 12.2. The SMILES string of the molecule is CC(C)Oc1cc(N2CCOCC2)nc2c(-c3cn[nH]c3)nccc12. The number of aromatic amines is 1. The highest BCUT2D eigenvalue weighted by Crippen LogP contribution is 2.34. The maximum absolute atomic E-state index is 6.08. The monoisotopic (exact) mass is 339 g/mol. The molecule has 3 aromatic rings. The summed E-state index contributed by atoms with van der Waals surface area (Å²) in [5.74, 6) is 1.72. The summed E-state index contributed by atoms with van der Waals surface area (Å²) in [5, 5.41) is 7.83. The number of morpholine rings is 1. The van der Waals surface area contributed by atoms with Crippen molar-refractivity contribution in [3.05, 3.63) is 30.7 Å². The number of rotatable bonds is 4. The van der Waals surface area contributed by atoms with E-state index in [0.717, 1.165) is 46.8 Å². The lowest BCUT2D eigenvalue weighted by Gasteiger charge is -2.28. The fourth-order valence-electron chi connectivity index (χ4n) is 3.01. The highest BCUT2D eigenvalue weighted by atomic mass is 16.5. The van der Waals surface area contributed by atoms with Crippen LogP contribution in [0.15, 0.2) is 30.7 Å². The summed E-state index contributed by atoms with van der Waals surface area (Å²) in [6.45, 7) is 7.11. The van der Waals surface area contributed by atoms with Gasteiger partial charge in [-0.15, -0.1) is 0 Å². The van der Waals surface area contributed by atoms with Crippen molar-refractivity contribution >= 4 is 16.7 Å². The average molecular weight is 339 g/mol. The first-order valence-electron chi connectivity index (χ1n) is 8.50. The summed E-state index contributed by atoms with van der Waals surface area (Å²) >= 11 is 0. The summed E-state index contributed by atoms with van der Waals surface area (Å²) in [6, 6.07) is 3.97. The van der Waals surface area contributed by atoms with E-state index in [1.54, 1.807) is 12.4 Å². The van der Waals surface area contributed by atoms with Crippen LogP contribution >= 0.6 is 0 Å². The van der Waals surface area contributed by atoms with E-state index in [4.69, 9.17) is 14.5 Å². The number of fused-ring (bicyclic) bond motifs is 1. The topological polar surface area (TPSA) is 76.2 Å². The molecule has 130 valence electrons. The zero-order valence-corrected chi connectivity index (χ0v) is 14.4. The zero-order chi connectivity index (χ0) is 17.2. The number of H-pyrrole nitrogens is 1. The Balaban J connectivity index is 1.90.